The second kappa shape index (κ2) is 9.78. The molecule has 0 saturated carbocycles. The van der Waals surface area contributed by atoms with Gasteiger partial charge in [-0.15, -0.1) is 10.2 Å². The van der Waals surface area contributed by atoms with E-state index in [1.165, 1.54) is 16.3 Å². The van der Waals surface area contributed by atoms with E-state index in [2.05, 4.69) is 15.5 Å². The lowest BCUT2D eigenvalue weighted by Gasteiger charge is -2.15. The summed E-state index contributed by atoms with van der Waals surface area (Å²) in [5, 5.41) is 11.2. The number of ether oxygens (including phenoxy) is 2. The van der Waals surface area contributed by atoms with E-state index in [1.807, 2.05) is 37.3 Å². The van der Waals surface area contributed by atoms with E-state index in [0.717, 1.165) is 5.69 Å². The monoisotopic (exact) mass is 465 g/mol. The van der Waals surface area contributed by atoms with E-state index in [1.54, 1.807) is 49.2 Å². The zero-order valence-electron chi connectivity index (χ0n) is 18.4. The SMILES string of the molecule is CCC(Sc1nnc2c(=O)n(-c3ccccc3)ccn12)C(=O)Nc1cc(OC)cc(OC)c1. The van der Waals surface area contributed by atoms with E-state index in [0.29, 0.717) is 28.8 Å². The quantitative estimate of drug-likeness (QED) is 0.398. The van der Waals surface area contributed by atoms with Crippen LogP contribution in [0.4, 0.5) is 5.69 Å². The lowest BCUT2D eigenvalue weighted by Crippen LogP contribution is -2.25. The van der Waals surface area contributed by atoms with Gasteiger partial charge in [-0.3, -0.25) is 18.6 Å². The van der Waals surface area contributed by atoms with Crippen molar-refractivity contribution in [1.82, 2.24) is 19.2 Å². The van der Waals surface area contributed by atoms with Gasteiger partial charge in [-0.25, -0.2) is 0 Å². The van der Waals surface area contributed by atoms with Crippen molar-refractivity contribution in [3.63, 3.8) is 0 Å². The Morgan fingerprint density at radius 2 is 1.76 bits per heavy atom. The molecule has 0 radical (unpaired) electrons. The van der Waals surface area contributed by atoms with Crippen molar-refractivity contribution in [2.24, 2.45) is 0 Å². The minimum Gasteiger partial charge on any atom is -0.497 e. The average molecular weight is 466 g/mol. The number of rotatable bonds is 8. The lowest BCUT2D eigenvalue weighted by atomic mass is 10.2. The van der Waals surface area contributed by atoms with Crippen LogP contribution < -0.4 is 20.3 Å². The van der Waals surface area contributed by atoms with Crippen molar-refractivity contribution in [2.45, 2.75) is 23.8 Å². The zero-order chi connectivity index (χ0) is 23.4. The minimum atomic E-state index is -0.453. The fraction of sp³-hybridized carbons (Fsp3) is 0.217. The molecule has 10 heteroatoms. The van der Waals surface area contributed by atoms with Crippen LogP contribution in [0.1, 0.15) is 13.3 Å². The van der Waals surface area contributed by atoms with E-state index < -0.39 is 5.25 Å². The van der Waals surface area contributed by atoms with Crippen molar-refractivity contribution in [3.8, 4) is 17.2 Å². The molecule has 4 aromatic rings. The van der Waals surface area contributed by atoms with Crippen LogP contribution in [0, 0.1) is 0 Å². The minimum absolute atomic E-state index is 0.191. The van der Waals surface area contributed by atoms with Gasteiger partial charge in [0, 0.05) is 42.0 Å². The van der Waals surface area contributed by atoms with Gasteiger partial charge >= 0.3 is 5.56 Å². The van der Waals surface area contributed by atoms with Gasteiger partial charge in [-0.1, -0.05) is 36.9 Å². The Morgan fingerprint density at radius 1 is 1.06 bits per heavy atom. The third-order valence-electron chi connectivity index (χ3n) is 5.00. The van der Waals surface area contributed by atoms with Gasteiger partial charge in [-0.2, -0.15) is 0 Å². The number of aromatic nitrogens is 4. The number of fused-ring (bicyclic) bond motifs is 1. The fourth-order valence-corrected chi connectivity index (χ4v) is 4.23. The number of carbonyl (C=O) groups is 1. The van der Waals surface area contributed by atoms with Crippen molar-refractivity contribution < 1.29 is 14.3 Å². The van der Waals surface area contributed by atoms with E-state index >= 15 is 0 Å². The first-order chi connectivity index (χ1) is 16.0. The predicted molar refractivity (Wildman–Crippen MR) is 127 cm³/mol. The highest BCUT2D eigenvalue weighted by atomic mass is 32.2. The lowest BCUT2D eigenvalue weighted by molar-refractivity contribution is -0.115. The Labute approximate surface area is 194 Å². The van der Waals surface area contributed by atoms with Crippen LogP contribution >= 0.6 is 11.8 Å². The van der Waals surface area contributed by atoms with Crippen LogP contribution in [0.15, 0.2) is 70.9 Å². The van der Waals surface area contributed by atoms with Gasteiger partial charge in [0.05, 0.1) is 19.5 Å². The van der Waals surface area contributed by atoms with Gasteiger partial charge in [0.25, 0.3) is 0 Å². The molecule has 0 aliphatic carbocycles. The highest BCUT2D eigenvalue weighted by Crippen LogP contribution is 2.28. The second-order valence-electron chi connectivity index (χ2n) is 7.09. The number of nitrogens with one attached hydrogen (secondary N) is 1. The smallest absolute Gasteiger partial charge is 0.300 e. The molecule has 2 heterocycles. The van der Waals surface area contributed by atoms with Gasteiger partial charge < -0.3 is 14.8 Å². The van der Waals surface area contributed by atoms with E-state index in [9.17, 15) is 9.59 Å². The number of carbonyl (C=O) groups excluding carboxylic acids is 1. The molecule has 9 nitrogen and oxygen atoms in total. The number of thioether (sulfide) groups is 1. The number of methoxy groups -OCH3 is 2. The molecular weight excluding hydrogens is 442 g/mol. The fourth-order valence-electron chi connectivity index (χ4n) is 3.29. The Hall–Kier alpha value is -3.79. The predicted octanol–water partition coefficient (Wildman–Crippen LogP) is 3.41. The second-order valence-corrected chi connectivity index (χ2v) is 8.26. The number of nitrogens with zero attached hydrogens (tertiary/aromatic N) is 4. The number of benzene rings is 2. The molecule has 2 aromatic heterocycles. The summed E-state index contributed by atoms with van der Waals surface area (Å²) in [4.78, 5) is 25.9. The molecule has 0 fully saturated rings. The van der Waals surface area contributed by atoms with Crippen LogP contribution in [0.2, 0.25) is 0 Å². The average Bonchev–Trinajstić information content (AvgIpc) is 3.26. The topological polar surface area (TPSA) is 99.8 Å². The molecule has 1 atom stereocenters. The summed E-state index contributed by atoms with van der Waals surface area (Å²) in [6, 6.07) is 14.5. The van der Waals surface area contributed by atoms with Crippen LogP contribution in [-0.2, 0) is 4.79 Å². The molecule has 1 amide bonds. The van der Waals surface area contributed by atoms with Crippen LogP contribution in [0.25, 0.3) is 11.3 Å². The van der Waals surface area contributed by atoms with E-state index in [4.69, 9.17) is 9.47 Å². The first-order valence-electron chi connectivity index (χ1n) is 10.3. The highest BCUT2D eigenvalue weighted by Gasteiger charge is 2.22. The summed E-state index contributed by atoms with van der Waals surface area (Å²) < 4.78 is 13.6. The molecule has 2 aromatic carbocycles. The summed E-state index contributed by atoms with van der Waals surface area (Å²) in [5.74, 6) is 0.944. The third kappa shape index (κ3) is 4.70. The molecule has 0 saturated heterocycles. The Bertz CT molecular complexity index is 1310. The number of para-hydroxylation sites is 1. The molecule has 0 bridgehead atoms. The summed E-state index contributed by atoms with van der Waals surface area (Å²) in [6.45, 7) is 1.91. The van der Waals surface area contributed by atoms with Crippen molar-refractivity contribution in [2.75, 3.05) is 19.5 Å². The number of hydrogen-bond donors (Lipinski definition) is 1. The Morgan fingerprint density at radius 3 is 2.39 bits per heavy atom. The summed E-state index contributed by atoms with van der Waals surface area (Å²) >= 11 is 1.25. The number of anilines is 1. The molecule has 1 N–H and O–H groups in total. The molecule has 170 valence electrons. The first kappa shape index (κ1) is 22.4. The number of amides is 1. The van der Waals surface area contributed by atoms with Crippen LogP contribution in [0.3, 0.4) is 0 Å². The standard InChI is InChI=1S/C23H23N5O4S/c1-4-19(21(29)24-15-12-17(31-2)14-18(13-15)32-3)33-23-26-25-20-22(30)27(10-11-28(20)23)16-8-6-5-7-9-16/h5-14,19H,4H2,1-3H3,(H,24,29). The Balaban J connectivity index is 1.57. The van der Waals surface area contributed by atoms with E-state index in [-0.39, 0.29) is 17.1 Å². The molecule has 0 aliphatic rings. The largest absolute Gasteiger partial charge is 0.497 e. The maximum atomic E-state index is 13.0. The third-order valence-corrected chi connectivity index (χ3v) is 6.32. The van der Waals surface area contributed by atoms with Gasteiger partial charge in [0.15, 0.2) is 5.16 Å². The van der Waals surface area contributed by atoms with Crippen molar-refractivity contribution >= 4 is 29.0 Å². The van der Waals surface area contributed by atoms with Crippen molar-refractivity contribution in [1.29, 1.82) is 0 Å². The maximum absolute atomic E-state index is 13.0. The summed E-state index contributed by atoms with van der Waals surface area (Å²) in [5.41, 5.74) is 1.20. The highest BCUT2D eigenvalue weighted by molar-refractivity contribution is 8.00. The first-order valence-corrected chi connectivity index (χ1v) is 11.1. The van der Waals surface area contributed by atoms with Gasteiger partial charge in [-0.05, 0) is 18.6 Å². The normalized spacial score (nSPS) is 11.8. The summed E-state index contributed by atoms with van der Waals surface area (Å²) in [7, 11) is 3.10. The summed E-state index contributed by atoms with van der Waals surface area (Å²) in [6.07, 6.45) is 3.94. The molecule has 1 unspecified atom stereocenters. The molecule has 4 rings (SSSR count). The molecule has 0 spiro atoms. The maximum Gasteiger partial charge on any atom is 0.300 e. The zero-order valence-corrected chi connectivity index (χ0v) is 19.2. The van der Waals surface area contributed by atoms with Gasteiger partial charge in [0.1, 0.15) is 11.5 Å². The van der Waals surface area contributed by atoms with Gasteiger partial charge in [0.2, 0.25) is 11.6 Å². The molecular formula is C23H23N5O4S. The number of hydrogen-bond acceptors (Lipinski definition) is 7. The van der Waals surface area contributed by atoms with Crippen molar-refractivity contribution in [3.05, 3.63) is 71.3 Å². The van der Waals surface area contributed by atoms with Crippen LogP contribution in [-0.4, -0.2) is 44.5 Å². The molecule has 33 heavy (non-hydrogen) atoms. The Kier molecular flexibility index (Phi) is 6.64. The molecule has 0 aliphatic heterocycles. The van der Waals surface area contributed by atoms with Crippen LogP contribution in [0.5, 0.6) is 11.5 Å².